The molecule has 2 rings (SSSR count). The summed E-state index contributed by atoms with van der Waals surface area (Å²) in [6.07, 6.45) is 7.06. The summed E-state index contributed by atoms with van der Waals surface area (Å²) >= 11 is 0. The Hall–Kier alpha value is -0.0800. The van der Waals surface area contributed by atoms with Crippen LogP contribution in [0.5, 0.6) is 0 Å². The van der Waals surface area contributed by atoms with E-state index in [1.165, 1.54) is 32.1 Å². The highest BCUT2D eigenvalue weighted by molar-refractivity contribution is 4.97. The molecule has 0 aromatic rings. The molecule has 0 amide bonds. The molecule has 1 saturated heterocycles. The Kier molecular flexibility index (Phi) is 2.61. The molecule has 0 bridgehead atoms. The van der Waals surface area contributed by atoms with Gasteiger partial charge in [-0.1, -0.05) is 13.3 Å². The van der Waals surface area contributed by atoms with Gasteiger partial charge in [-0.3, -0.25) is 0 Å². The molecule has 2 heteroatoms. The monoisotopic (exact) mass is 183 g/mol. The van der Waals surface area contributed by atoms with Crippen molar-refractivity contribution in [3.63, 3.8) is 0 Å². The van der Waals surface area contributed by atoms with Gasteiger partial charge in [-0.2, -0.15) is 0 Å². The van der Waals surface area contributed by atoms with Crippen LogP contribution in [0.3, 0.4) is 0 Å². The van der Waals surface area contributed by atoms with Crippen LogP contribution in [0, 0.1) is 5.92 Å². The minimum atomic E-state index is 0.279. The highest BCUT2D eigenvalue weighted by Gasteiger charge is 2.46. The summed E-state index contributed by atoms with van der Waals surface area (Å²) in [6.45, 7) is 3.38. The van der Waals surface area contributed by atoms with Crippen LogP contribution in [0.4, 0.5) is 0 Å². The van der Waals surface area contributed by atoms with Crippen LogP contribution < -0.4 is 5.32 Å². The third-order valence-electron chi connectivity index (χ3n) is 3.86. The molecule has 0 radical (unpaired) electrons. The van der Waals surface area contributed by atoms with Gasteiger partial charge in [0.05, 0.1) is 11.7 Å². The average molecular weight is 183 g/mol. The first-order valence-corrected chi connectivity index (χ1v) is 5.59. The molecule has 1 N–H and O–H groups in total. The van der Waals surface area contributed by atoms with Gasteiger partial charge in [0.2, 0.25) is 0 Å². The Morgan fingerprint density at radius 3 is 2.85 bits per heavy atom. The van der Waals surface area contributed by atoms with Gasteiger partial charge in [0.25, 0.3) is 0 Å². The summed E-state index contributed by atoms with van der Waals surface area (Å²) in [5, 5.41) is 3.21. The highest BCUT2D eigenvalue weighted by atomic mass is 16.5. The first-order chi connectivity index (χ1) is 6.27. The van der Waals surface area contributed by atoms with Crippen molar-refractivity contribution >= 4 is 0 Å². The Morgan fingerprint density at radius 1 is 1.38 bits per heavy atom. The van der Waals surface area contributed by atoms with E-state index in [1.54, 1.807) is 0 Å². The maximum atomic E-state index is 6.20. The molecule has 1 aliphatic heterocycles. The maximum Gasteiger partial charge on any atom is 0.0713 e. The smallest absolute Gasteiger partial charge is 0.0713 e. The number of ether oxygens (including phenoxy) is 1. The van der Waals surface area contributed by atoms with E-state index in [1.807, 2.05) is 7.05 Å². The van der Waals surface area contributed by atoms with E-state index in [-0.39, 0.29) is 5.60 Å². The van der Waals surface area contributed by atoms with Gasteiger partial charge in [0.1, 0.15) is 0 Å². The van der Waals surface area contributed by atoms with Crippen molar-refractivity contribution in [3.05, 3.63) is 0 Å². The first-order valence-electron chi connectivity index (χ1n) is 5.59. The van der Waals surface area contributed by atoms with Crippen molar-refractivity contribution in [1.29, 1.82) is 0 Å². The normalized spacial score (nSPS) is 44.8. The van der Waals surface area contributed by atoms with Crippen LogP contribution in [0.1, 0.15) is 39.0 Å². The van der Waals surface area contributed by atoms with Gasteiger partial charge >= 0.3 is 0 Å². The second kappa shape index (κ2) is 3.58. The van der Waals surface area contributed by atoms with Gasteiger partial charge in [0, 0.05) is 6.54 Å². The molecule has 76 valence electrons. The number of nitrogens with one attached hydrogen (secondary N) is 1. The molecule has 1 saturated carbocycles. The lowest BCUT2D eigenvalue weighted by atomic mass is 9.89. The fourth-order valence-corrected chi connectivity index (χ4v) is 2.99. The van der Waals surface area contributed by atoms with Crippen molar-refractivity contribution in [2.45, 2.75) is 50.7 Å². The second-order valence-corrected chi connectivity index (χ2v) is 4.69. The lowest BCUT2D eigenvalue weighted by molar-refractivity contribution is -0.0599. The van der Waals surface area contributed by atoms with Gasteiger partial charge in [-0.15, -0.1) is 0 Å². The van der Waals surface area contributed by atoms with Crippen LogP contribution in [-0.2, 0) is 4.74 Å². The quantitative estimate of drug-likeness (QED) is 0.706. The standard InChI is InChI=1S/C11H21NO/c1-9-4-3-6-11(9)7-5-10(13-11)8-12-2/h9-10,12H,3-8H2,1-2H3. The third kappa shape index (κ3) is 1.62. The highest BCUT2D eigenvalue weighted by Crippen LogP contribution is 2.46. The fourth-order valence-electron chi connectivity index (χ4n) is 2.99. The molecular weight excluding hydrogens is 162 g/mol. The molecule has 1 spiro atoms. The SMILES string of the molecule is CNCC1CCC2(CCCC2C)O1. The molecule has 2 aliphatic rings. The predicted octanol–water partition coefficient (Wildman–Crippen LogP) is 1.94. The molecule has 0 aromatic heterocycles. The third-order valence-corrected chi connectivity index (χ3v) is 3.86. The number of hydrogen-bond donors (Lipinski definition) is 1. The Morgan fingerprint density at radius 2 is 2.23 bits per heavy atom. The average Bonchev–Trinajstić information content (AvgIpc) is 2.64. The van der Waals surface area contributed by atoms with E-state index in [0.29, 0.717) is 6.10 Å². The van der Waals surface area contributed by atoms with Crippen molar-refractivity contribution in [2.24, 2.45) is 5.92 Å². The molecule has 3 unspecified atom stereocenters. The summed E-state index contributed by atoms with van der Waals surface area (Å²) < 4.78 is 6.20. The zero-order chi connectivity index (χ0) is 9.31. The van der Waals surface area contributed by atoms with Gasteiger partial charge in [-0.05, 0) is 38.6 Å². The van der Waals surface area contributed by atoms with E-state index in [4.69, 9.17) is 4.74 Å². The van der Waals surface area contributed by atoms with E-state index in [9.17, 15) is 0 Å². The van der Waals surface area contributed by atoms with Crippen molar-refractivity contribution < 1.29 is 4.74 Å². The van der Waals surface area contributed by atoms with Crippen molar-refractivity contribution in [1.82, 2.24) is 5.32 Å². The molecule has 0 aromatic carbocycles. The Bertz CT molecular complexity index is 183. The molecule has 3 atom stereocenters. The lowest BCUT2D eigenvalue weighted by Gasteiger charge is -2.29. The minimum absolute atomic E-state index is 0.279. The molecule has 2 fully saturated rings. The fraction of sp³-hybridized carbons (Fsp3) is 1.00. The minimum Gasteiger partial charge on any atom is -0.370 e. The van der Waals surface area contributed by atoms with Crippen LogP contribution in [0.15, 0.2) is 0 Å². The number of likely N-dealkylation sites (N-methyl/N-ethyl adjacent to an activating group) is 1. The predicted molar refractivity (Wildman–Crippen MR) is 53.8 cm³/mol. The van der Waals surface area contributed by atoms with Gasteiger partial charge in [-0.25, -0.2) is 0 Å². The van der Waals surface area contributed by atoms with Crippen LogP contribution in [-0.4, -0.2) is 25.3 Å². The summed E-state index contributed by atoms with van der Waals surface area (Å²) in [5.41, 5.74) is 0.279. The Balaban J connectivity index is 1.95. The van der Waals surface area contributed by atoms with Crippen molar-refractivity contribution in [3.8, 4) is 0 Å². The molecule has 1 aliphatic carbocycles. The summed E-state index contributed by atoms with van der Waals surface area (Å²) in [6, 6.07) is 0. The number of rotatable bonds is 2. The molecule has 2 nitrogen and oxygen atoms in total. The zero-order valence-corrected chi connectivity index (χ0v) is 8.81. The summed E-state index contributed by atoms with van der Waals surface area (Å²) in [4.78, 5) is 0. The largest absolute Gasteiger partial charge is 0.370 e. The van der Waals surface area contributed by atoms with Crippen LogP contribution in [0.2, 0.25) is 0 Å². The van der Waals surface area contributed by atoms with E-state index in [2.05, 4.69) is 12.2 Å². The van der Waals surface area contributed by atoms with E-state index < -0.39 is 0 Å². The van der Waals surface area contributed by atoms with Crippen LogP contribution in [0.25, 0.3) is 0 Å². The van der Waals surface area contributed by atoms with E-state index >= 15 is 0 Å². The molecule has 1 heterocycles. The second-order valence-electron chi connectivity index (χ2n) is 4.69. The van der Waals surface area contributed by atoms with E-state index in [0.717, 1.165) is 12.5 Å². The summed E-state index contributed by atoms with van der Waals surface area (Å²) in [7, 11) is 2.01. The maximum absolute atomic E-state index is 6.20. The number of hydrogen-bond acceptors (Lipinski definition) is 2. The van der Waals surface area contributed by atoms with Gasteiger partial charge in [0.15, 0.2) is 0 Å². The topological polar surface area (TPSA) is 21.3 Å². The molecular formula is C11H21NO. The van der Waals surface area contributed by atoms with Crippen molar-refractivity contribution in [2.75, 3.05) is 13.6 Å². The Labute approximate surface area is 81.0 Å². The van der Waals surface area contributed by atoms with Crippen LogP contribution >= 0.6 is 0 Å². The lowest BCUT2D eigenvalue weighted by Crippen LogP contribution is -2.34. The molecule has 13 heavy (non-hydrogen) atoms. The first kappa shape index (κ1) is 9.47. The van der Waals surface area contributed by atoms with Gasteiger partial charge < -0.3 is 10.1 Å². The zero-order valence-electron chi connectivity index (χ0n) is 8.81. The summed E-state index contributed by atoms with van der Waals surface area (Å²) in [5.74, 6) is 0.786.